The van der Waals surface area contributed by atoms with E-state index in [1.54, 1.807) is 6.07 Å². The normalized spacial score (nSPS) is 19.7. The summed E-state index contributed by atoms with van der Waals surface area (Å²) < 4.78 is 24.4. The lowest BCUT2D eigenvalue weighted by molar-refractivity contribution is -0.121. The van der Waals surface area contributed by atoms with Crippen LogP contribution in [-0.2, 0) is 14.8 Å². The number of nitrogens with one attached hydrogen (secondary N) is 2. The van der Waals surface area contributed by atoms with Crippen molar-refractivity contribution in [1.82, 2.24) is 15.0 Å². The van der Waals surface area contributed by atoms with Crippen LogP contribution in [0.1, 0.15) is 5.56 Å². The first-order valence-corrected chi connectivity index (χ1v) is 7.28. The van der Waals surface area contributed by atoms with Gasteiger partial charge < -0.3 is 11.1 Å². The largest absolute Gasteiger partial charge is 0.397 e. The number of amidine groups is 1. The minimum Gasteiger partial charge on any atom is -0.397 e. The summed E-state index contributed by atoms with van der Waals surface area (Å²) in [5, 5.41) is 2.52. The van der Waals surface area contributed by atoms with Crippen molar-refractivity contribution in [3.05, 3.63) is 24.0 Å². The van der Waals surface area contributed by atoms with Crippen LogP contribution >= 0.6 is 0 Å². The second-order valence-corrected chi connectivity index (χ2v) is 5.91. The van der Waals surface area contributed by atoms with Crippen LogP contribution in [0.15, 0.2) is 23.5 Å². The molecule has 0 unspecified atom stereocenters. The molecule has 0 fully saturated rings. The maximum atomic E-state index is 11.8. The number of sulfonamides is 1. The lowest BCUT2D eigenvalue weighted by Gasteiger charge is -2.21. The molecule has 102 valence electrons. The predicted octanol–water partition coefficient (Wildman–Crippen LogP) is -1.54. The molecule has 2 rings (SSSR count). The fourth-order valence-electron chi connectivity index (χ4n) is 1.61. The van der Waals surface area contributed by atoms with Gasteiger partial charge in [0.25, 0.3) is 0 Å². The summed E-state index contributed by atoms with van der Waals surface area (Å²) in [5.41, 5.74) is 6.61. The Hall–Kier alpha value is -2.00. The van der Waals surface area contributed by atoms with Crippen molar-refractivity contribution in [1.29, 1.82) is 0 Å². The van der Waals surface area contributed by atoms with Crippen molar-refractivity contribution in [2.24, 2.45) is 4.99 Å². The topological polar surface area (TPSA) is 127 Å². The van der Waals surface area contributed by atoms with Gasteiger partial charge in [0, 0.05) is 18.0 Å². The average Bonchev–Trinajstić information content (AvgIpc) is 2.30. The van der Waals surface area contributed by atoms with Gasteiger partial charge in [-0.25, -0.2) is 13.1 Å². The number of nitrogens with two attached hydrogens (primary N) is 1. The van der Waals surface area contributed by atoms with E-state index in [1.807, 2.05) is 0 Å². The van der Waals surface area contributed by atoms with Crippen molar-refractivity contribution in [2.75, 3.05) is 18.5 Å². The number of aliphatic imine (C=N–C) groups is 1. The summed E-state index contributed by atoms with van der Waals surface area (Å²) in [7, 11) is -3.46. The van der Waals surface area contributed by atoms with Gasteiger partial charge in [-0.15, -0.1) is 0 Å². The molecule has 0 saturated carbocycles. The van der Waals surface area contributed by atoms with E-state index in [0.29, 0.717) is 17.1 Å². The van der Waals surface area contributed by atoms with E-state index in [-0.39, 0.29) is 6.54 Å². The van der Waals surface area contributed by atoms with Crippen molar-refractivity contribution in [3.8, 4) is 0 Å². The zero-order valence-corrected chi connectivity index (χ0v) is 10.9. The number of hydrogen-bond donors (Lipinski definition) is 3. The quantitative estimate of drug-likeness (QED) is 0.619. The van der Waals surface area contributed by atoms with Crippen LogP contribution in [0.5, 0.6) is 0 Å². The summed E-state index contributed by atoms with van der Waals surface area (Å²) in [6, 6.07) is 0.726. The lowest BCUT2D eigenvalue weighted by atomic mass is 10.2. The molecule has 2 heterocycles. The number of nitrogen functional groups attached to an aromatic ring is 1. The Morgan fingerprint density at radius 3 is 2.79 bits per heavy atom. The molecule has 0 aliphatic carbocycles. The van der Waals surface area contributed by atoms with Crippen LogP contribution in [0.2, 0.25) is 0 Å². The lowest BCUT2D eigenvalue weighted by Crippen LogP contribution is -2.53. The minimum absolute atomic E-state index is 0.0308. The van der Waals surface area contributed by atoms with Crippen LogP contribution in [0.4, 0.5) is 5.69 Å². The van der Waals surface area contributed by atoms with E-state index in [1.165, 1.54) is 12.4 Å². The molecule has 8 nitrogen and oxygen atoms in total. The van der Waals surface area contributed by atoms with Gasteiger partial charge in [-0.05, 0) is 6.07 Å². The zero-order chi connectivity index (χ0) is 14.0. The van der Waals surface area contributed by atoms with Crippen molar-refractivity contribution in [3.63, 3.8) is 0 Å². The van der Waals surface area contributed by atoms with E-state index >= 15 is 0 Å². The average molecular weight is 283 g/mol. The van der Waals surface area contributed by atoms with Gasteiger partial charge in [-0.3, -0.25) is 14.8 Å². The van der Waals surface area contributed by atoms with Gasteiger partial charge in [0.1, 0.15) is 11.9 Å². The molecule has 1 atom stereocenters. The first kappa shape index (κ1) is 13.4. The molecular weight excluding hydrogens is 270 g/mol. The minimum atomic E-state index is -3.46. The number of anilines is 1. The monoisotopic (exact) mass is 283 g/mol. The van der Waals surface area contributed by atoms with Crippen LogP contribution < -0.4 is 15.8 Å². The fraction of sp³-hybridized carbons (Fsp3) is 0.300. The highest BCUT2D eigenvalue weighted by molar-refractivity contribution is 7.88. The van der Waals surface area contributed by atoms with Crippen molar-refractivity contribution in [2.45, 2.75) is 6.04 Å². The third-order valence-corrected chi connectivity index (χ3v) is 3.09. The molecule has 4 N–H and O–H groups in total. The first-order chi connectivity index (χ1) is 8.85. The first-order valence-electron chi connectivity index (χ1n) is 5.39. The number of carbonyl (C=O) groups excluding carboxylic acids is 1. The SMILES string of the molecule is CS(=O)(=O)N[C@H]1CN=C(c2cncc(N)c2)NC1=O. The van der Waals surface area contributed by atoms with E-state index in [0.717, 1.165) is 6.26 Å². The highest BCUT2D eigenvalue weighted by Crippen LogP contribution is 2.07. The van der Waals surface area contributed by atoms with E-state index in [2.05, 4.69) is 20.0 Å². The number of nitrogens with zero attached hydrogens (tertiary/aromatic N) is 2. The molecule has 0 radical (unpaired) electrons. The van der Waals surface area contributed by atoms with E-state index < -0.39 is 22.0 Å². The van der Waals surface area contributed by atoms with Crippen LogP contribution in [0, 0.1) is 0 Å². The van der Waals surface area contributed by atoms with Crippen LogP contribution in [0.3, 0.4) is 0 Å². The second kappa shape index (κ2) is 4.94. The molecule has 1 aliphatic heterocycles. The Morgan fingerprint density at radius 1 is 1.47 bits per heavy atom. The van der Waals surface area contributed by atoms with Gasteiger partial charge in [0.2, 0.25) is 15.9 Å². The molecule has 0 saturated heterocycles. The van der Waals surface area contributed by atoms with Crippen molar-refractivity contribution < 1.29 is 13.2 Å². The Morgan fingerprint density at radius 2 is 2.21 bits per heavy atom. The fourth-order valence-corrected chi connectivity index (χ4v) is 2.31. The molecular formula is C10H13N5O3S. The Bertz CT molecular complexity index is 640. The maximum absolute atomic E-state index is 11.8. The Labute approximate surface area is 110 Å². The second-order valence-electron chi connectivity index (χ2n) is 4.13. The van der Waals surface area contributed by atoms with Gasteiger partial charge in [-0.2, -0.15) is 0 Å². The highest BCUT2D eigenvalue weighted by atomic mass is 32.2. The number of amides is 1. The molecule has 0 bridgehead atoms. The molecule has 1 aromatic rings. The molecule has 19 heavy (non-hydrogen) atoms. The molecule has 9 heteroatoms. The van der Waals surface area contributed by atoms with Gasteiger partial charge in [0.05, 0.1) is 18.5 Å². The summed E-state index contributed by atoms with van der Waals surface area (Å²) in [5.74, 6) is -0.130. The van der Waals surface area contributed by atoms with Gasteiger partial charge in [0.15, 0.2) is 0 Å². The summed E-state index contributed by atoms with van der Waals surface area (Å²) in [6.07, 6.45) is 3.98. The third-order valence-electron chi connectivity index (χ3n) is 2.38. The highest BCUT2D eigenvalue weighted by Gasteiger charge is 2.27. The number of pyridine rings is 1. The summed E-state index contributed by atoms with van der Waals surface area (Å²) >= 11 is 0. The van der Waals surface area contributed by atoms with Crippen molar-refractivity contribution >= 4 is 27.5 Å². The summed E-state index contributed by atoms with van der Waals surface area (Å²) in [6.45, 7) is 0.0308. The number of rotatable bonds is 3. The van der Waals surface area contributed by atoms with Gasteiger partial charge in [-0.1, -0.05) is 0 Å². The smallest absolute Gasteiger partial charge is 0.245 e. The Kier molecular flexibility index (Phi) is 3.49. The third kappa shape index (κ3) is 3.48. The molecule has 1 aromatic heterocycles. The summed E-state index contributed by atoms with van der Waals surface area (Å²) in [4.78, 5) is 19.8. The number of aromatic nitrogens is 1. The van der Waals surface area contributed by atoms with E-state index in [9.17, 15) is 13.2 Å². The predicted molar refractivity (Wildman–Crippen MR) is 70.0 cm³/mol. The Balaban J connectivity index is 2.18. The maximum Gasteiger partial charge on any atom is 0.245 e. The van der Waals surface area contributed by atoms with Crippen LogP contribution in [0.25, 0.3) is 0 Å². The van der Waals surface area contributed by atoms with Gasteiger partial charge >= 0.3 is 0 Å². The number of carbonyl (C=O) groups is 1. The molecule has 0 aromatic carbocycles. The molecule has 1 aliphatic rings. The molecule has 0 spiro atoms. The van der Waals surface area contributed by atoms with E-state index in [4.69, 9.17) is 5.73 Å². The molecule has 1 amide bonds. The zero-order valence-electron chi connectivity index (χ0n) is 10.1. The van der Waals surface area contributed by atoms with Crippen LogP contribution in [-0.4, -0.2) is 44.0 Å². The number of hydrogen-bond acceptors (Lipinski definition) is 6. The standard InChI is InChI=1S/C10H13N5O3S/c1-19(17,18)15-8-5-13-9(14-10(8)16)6-2-7(11)4-12-3-6/h2-4,8,15H,5,11H2,1H3,(H,13,14,16)/t8-/m0/s1.